The van der Waals surface area contributed by atoms with Gasteiger partial charge in [0.1, 0.15) is 0 Å². The van der Waals surface area contributed by atoms with Crippen molar-refractivity contribution in [3.63, 3.8) is 0 Å². The monoisotopic (exact) mass is 304 g/mol. The van der Waals surface area contributed by atoms with Gasteiger partial charge in [-0.1, -0.05) is 13.8 Å². The Morgan fingerprint density at radius 2 is 2.42 bits per heavy atom. The van der Waals surface area contributed by atoms with E-state index in [0.717, 1.165) is 12.3 Å². The molecule has 2 N–H and O–H groups in total. The second-order valence-electron chi connectivity index (χ2n) is 4.55. The van der Waals surface area contributed by atoms with Crippen LogP contribution in [0.5, 0.6) is 0 Å². The minimum absolute atomic E-state index is 0.229. The number of hydrogen-bond acceptors (Lipinski definition) is 5. The normalized spacial score (nSPS) is 21.7. The van der Waals surface area contributed by atoms with Crippen LogP contribution in [0.25, 0.3) is 0 Å². The van der Waals surface area contributed by atoms with E-state index < -0.39 is 10.0 Å². The van der Waals surface area contributed by atoms with Crippen molar-refractivity contribution in [2.24, 2.45) is 0 Å². The largest absolute Gasteiger partial charge is 0.313 e. The minimum atomic E-state index is -3.45. The Hall–Kier alpha value is -0.570. The molecule has 1 aliphatic rings. The van der Waals surface area contributed by atoms with Gasteiger partial charge in [0, 0.05) is 36.2 Å². The number of nitrogens with one attached hydrogen (secondary N) is 2. The van der Waals surface area contributed by atoms with Crippen LogP contribution in [-0.4, -0.2) is 53.6 Å². The Bertz CT molecular complexity index is 515. The zero-order chi connectivity index (χ0) is 13.9. The molecule has 0 saturated carbocycles. The molecule has 0 bridgehead atoms. The minimum Gasteiger partial charge on any atom is -0.313 e. The SMILES string of the molecule is CCNCc1cn[nH]c1S(=O)(=O)N1CCSC(C)C1. The molecule has 1 unspecified atom stereocenters. The van der Waals surface area contributed by atoms with Crippen molar-refractivity contribution in [3.8, 4) is 0 Å². The van der Waals surface area contributed by atoms with Crippen LogP contribution in [0.15, 0.2) is 11.2 Å². The highest BCUT2D eigenvalue weighted by molar-refractivity contribution is 8.00. The van der Waals surface area contributed by atoms with Gasteiger partial charge in [-0.2, -0.15) is 21.2 Å². The molecule has 1 aliphatic heterocycles. The Morgan fingerprint density at radius 3 is 3.11 bits per heavy atom. The topological polar surface area (TPSA) is 78.1 Å². The summed E-state index contributed by atoms with van der Waals surface area (Å²) in [5.74, 6) is 0.844. The Labute approximate surface area is 118 Å². The highest BCUT2D eigenvalue weighted by Gasteiger charge is 2.31. The van der Waals surface area contributed by atoms with Crippen LogP contribution in [0, 0.1) is 0 Å². The summed E-state index contributed by atoms with van der Waals surface area (Å²) in [6, 6.07) is 0. The van der Waals surface area contributed by atoms with Gasteiger partial charge in [0.05, 0.1) is 6.20 Å². The second-order valence-corrected chi connectivity index (χ2v) is 7.97. The molecule has 0 aromatic carbocycles. The first-order chi connectivity index (χ1) is 9.05. The first-order valence-corrected chi connectivity index (χ1v) is 8.89. The van der Waals surface area contributed by atoms with E-state index in [9.17, 15) is 8.42 Å². The second kappa shape index (κ2) is 6.25. The molecule has 108 valence electrons. The van der Waals surface area contributed by atoms with Crippen LogP contribution in [0.1, 0.15) is 19.4 Å². The fourth-order valence-corrected chi connectivity index (χ4v) is 4.90. The Balaban J connectivity index is 2.21. The lowest BCUT2D eigenvalue weighted by Gasteiger charge is -2.29. The molecule has 8 heteroatoms. The maximum absolute atomic E-state index is 12.6. The zero-order valence-electron chi connectivity index (χ0n) is 11.2. The fraction of sp³-hybridized carbons (Fsp3) is 0.727. The van der Waals surface area contributed by atoms with Crippen LogP contribution in [0.4, 0.5) is 0 Å². The summed E-state index contributed by atoms with van der Waals surface area (Å²) in [4.78, 5) is 0. The van der Waals surface area contributed by atoms with Crippen LogP contribution < -0.4 is 5.32 Å². The van der Waals surface area contributed by atoms with Gasteiger partial charge in [-0.3, -0.25) is 5.10 Å². The van der Waals surface area contributed by atoms with Crippen molar-refractivity contribution in [1.29, 1.82) is 0 Å². The first-order valence-electron chi connectivity index (χ1n) is 6.40. The van der Waals surface area contributed by atoms with E-state index in [2.05, 4.69) is 22.4 Å². The molecule has 2 rings (SSSR count). The van der Waals surface area contributed by atoms with Gasteiger partial charge < -0.3 is 5.32 Å². The number of aromatic nitrogens is 2. The molecule has 1 aromatic heterocycles. The van der Waals surface area contributed by atoms with Crippen molar-refractivity contribution in [2.75, 3.05) is 25.4 Å². The summed E-state index contributed by atoms with van der Waals surface area (Å²) in [6.45, 7) is 6.47. The van der Waals surface area contributed by atoms with Gasteiger partial charge in [-0.25, -0.2) is 8.42 Å². The smallest absolute Gasteiger partial charge is 0.260 e. The van der Waals surface area contributed by atoms with Crippen LogP contribution in [0.2, 0.25) is 0 Å². The number of hydrogen-bond donors (Lipinski definition) is 2. The zero-order valence-corrected chi connectivity index (χ0v) is 12.9. The van der Waals surface area contributed by atoms with Gasteiger partial charge in [-0.05, 0) is 6.54 Å². The lowest BCUT2D eigenvalue weighted by Crippen LogP contribution is -2.41. The van der Waals surface area contributed by atoms with Crippen LogP contribution in [0.3, 0.4) is 0 Å². The van der Waals surface area contributed by atoms with E-state index in [4.69, 9.17) is 0 Å². The summed E-state index contributed by atoms with van der Waals surface area (Å²) in [7, 11) is -3.45. The molecule has 0 aliphatic carbocycles. The number of aromatic amines is 1. The molecule has 6 nitrogen and oxygen atoms in total. The van der Waals surface area contributed by atoms with Crippen molar-refractivity contribution >= 4 is 21.8 Å². The van der Waals surface area contributed by atoms with E-state index in [1.165, 1.54) is 0 Å². The molecule has 2 heterocycles. The maximum atomic E-state index is 12.6. The molecular weight excluding hydrogens is 284 g/mol. The summed E-state index contributed by atoms with van der Waals surface area (Å²) < 4.78 is 26.7. The predicted molar refractivity (Wildman–Crippen MR) is 76.6 cm³/mol. The van der Waals surface area contributed by atoms with Gasteiger partial charge in [0.25, 0.3) is 10.0 Å². The summed E-state index contributed by atoms with van der Waals surface area (Å²) in [5, 5.41) is 10.2. The fourth-order valence-electron chi connectivity index (χ4n) is 2.04. The third kappa shape index (κ3) is 3.31. The lowest BCUT2D eigenvalue weighted by atomic mass is 10.3. The molecule has 0 amide bonds. The standard InChI is InChI=1S/C11H20N4O2S2/c1-3-12-6-10-7-13-14-11(10)19(16,17)15-4-5-18-9(2)8-15/h7,9,12H,3-6,8H2,1-2H3,(H,13,14). The van der Waals surface area contributed by atoms with Gasteiger partial charge in [0.2, 0.25) is 0 Å². The Morgan fingerprint density at radius 1 is 1.63 bits per heavy atom. The number of nitrogens with zero attached hydrogens (tertiary/aromatic N) is 2. The molecular formula is C11H20N4O2S2. The highest BCUT2D eigenvalue weighted by atomic mass is 32.2. The quantitative estimate of drug-likeness (QED) is 0.835. The number of sulfonamides is 1. The maximum Gasteiger partial charge on any atom is 0.260 e. The van der Waals surface area contributed by atoms with Crippen molar-refractivity contribution in [2.45, 2.75) is 30.7 Å². The van der Waals surface area contributed by atoms with Gasteiger partial charge in [-0.15, -0.1) is 0 Å². The van der Waals surface area contributed by atoms with E-state index in [0.29, 0.717) is 30.4 Å². The molecule has 1 atom stereocenters. The summed E-state index contributed by atoms with van der Waals surface area (Å²) in [5.41, 5.74) is 0.702. The molecule has 0 radical (unpaired) electrons. The predicted octanol–water partition coefficient (Wildman–Crippen LogP) is 0.645. The van der Waals surface area contributed by atoms with E-state index >= 15 is 0 Å². The molecule has 1 fully saturated rings. The van der Waals surface area contributed by atoms with Crippen molar-refractivity contribution < 1.29 is 8.42 Å². The first kappa shape index (κ1) is 14.8. The van der Waals surface area contributed by atoms with Crippen LogP contribution >= 0.6 is 11.8 Å². The van der Waals surface area contributed by atoms with Gasteiger partial charge >= 0.3 is 0 Å². The third-order valence-electron chi connectivity index (χ3n) is 3.05. The average Bonchev–Trinajstić information content (AvgIpc) is 2.85. The van der Waals surface area contributed by atoms with E-state index in [1.807, 2.05) is 18.7 Å². The molecule has 19 heavy (non-hydrogen) atoms. The Kier molecular flexibility index (Phi) is 4.88. The van der Waals surface area contributed by atoms with Gasteiger partial charge in [0.15, 0.2) is 5.03 Å². The molecule has 1 saturated heterocycles. The number of thioether (sulfide) groups is 1. The molecule has 1 aromatic rings. The van der Waals surface area contributed by atoms with Crippen molar-refractivity contribution in [3.05, 3.63) is 11.8 Å². The third-order valence-corrected chi connectivity index (χ3v) is 6.06. The summed E-state index contributed by atoms with van der Waals surface area (Å²) in [6.07, 6.45) is 1.58. The number of rotatable bonds is 5. The van der Waals surface area contributed by atoms with Crippen molar-refractivity contribution in [1.82, 2.24) is 19.8 Å². The average molecular weight is 304 g/mol. The van der Waals surface area contributed by atoms with E-state index in [-0.39, 0.29) is 5.03 Å². The van der Waals surface area contributed by atoms with Crippen LogP contribution in [-0.2, 0) is 16.6 Å². The number of H-pyrrole nitrogens is 1. The lowest BCUT2D eigenvalue weighted by molar-refractivity contribution is 0.421. The molecule has 0 spiro atoms. The summed E-state index contributed by atoms with van der Waals surface area (Å²) >= 11 is 1.81. The highest BCUT2D eigenvalue weighted by Crippen LogP contribution is 2.24. The van der Waals surface area contributed by atoms with E-state index in [1.54, 1.807) is 10.5 Å².